The van der Waals surface area contributed by atoms with E-state index in [0.29, 0.717) is 17.9 Å². The summed E-state index contributed by atoms with van der Waals surface area (Å²) < 4.78 is 3.21. The third kappa shape index (κ3) is 4.61. The maximum absolute atomic E-state index is 12.6. The molecular weight excluding hydrogens is 432 g/mol. The average molecular weight is 459 g/mol. The number of benzene rings is 1. The first-order valence-electron chi connectivity index (χ1n) is 11.2. The Hall–Kier alpha value is -3.82. The van der Waals surface area contributed by atoms with E-state index in [9.17, 15) is 14.7 Å². The minimum Gasteiger partial charge on any atom is -0.390 e. The molecule has 1 aliphatic rings. The van der Waals surface area contributed by atoms with Crippen molar-refractivity contribution in [2.24, 2.45) is 7.05 Å². The molecule has 4 heterocycles. The second-order valence-corrected chi connectivity index (χ2v) is 8.65. The minimum absolute atomic E-state index is 0.0984. The Bertz CT molecular complexity index is 1410. The molecule has 1 atom stereocenters. The van der Waals surface area contributed by atoms with Gasteiger partial charge in [-0.3, -0.25) is 19.5 Å². The van der Waals surface area contributed by atoms with Gasteiger partial charge in [0, 0.05) is 63.4 Å². The number of pyridine rings is 1. The highest BCUT2D eigenvalue weighted by Gasteiger charge is 2.19. The van der Waals surface area contributed by atoms with Crippen LogP contribution in [0, 0.1) is 0 Å². The predicted octanol–water partition coefficient (Wildman–Crippen LogP) is 1.24. The Morgan fingerprint density at radius 1 is 1.15 bits per heavy atom. The molecule has 0 saturated heterocycles. The van der Waals surface area contributed by atoms with E-state index >= 15 is 0 Å². The fraction of sp³-hybridized carbons (Fsp3) is 0.280. The molecular formula is C25H26N6O3. The smallest absolute Gasteiger partial charge is 0.271 e. The highest BCUT2D eigenvalue weighted by atomic mass is 16.3. The van der Waals surface area contributed by atoms with E-state index in [-0.39, 0.29) is 23.7 Å². The fourth-order valence-electron chi connectivity index (χ4n) is 4.28. The number of carbonyl (C=O) groups is 1. The minimum atomic E-state index is -0.677. The normalized spacial score (nSPS) is 14.6. The van der Waals surface area contributed by atoms with Gasteiger partial charge in [0.15, 0.2) is 5.65 Å². The summed E-state index contributed by atoms with van der Waals surface area (Å²) in [6, 6.07) is 11.6. The Labute approximate surface area is 196 Å². The van der Waals surface area contributed by atoms with Gasteiger partial charge in [-0.15, -0.1) is 0 Å². The standard InChI is InChI=1S/C25H26N6O3/c1-29-12-19(6-7-24(29)33)21-15-31-16-22(28-23(31)11-26-21)25(34)27-10-20(32)14-30-9-8-17-4-2-3-5-18(17)13-30/h2-7,11-12,15-16,20,32H,8-10,13-14H2,1H3,(H,27,34)/t20-/m0/s1. The van der Waals surface area contributed by atoms with Gasteiger partial charge < -0.3 is 19.4 Å². The van der Waals surface area contributed by atoms with Crippen molar-refractivity contribution in [3.8, 4) is 11.3 Å². The molecule has 2 N–H and O–H groups in total. The third-order valence-electron chi connectivity index (χ3n) is 6.13. The van der Waals surface area contributed by atoms with Crippen LogP contribution < -0.4 is 10.9 Å². The number of imidazole rings is 1. The molecule has 0 fully saturated rings. The Balaban J connectivity index is 1.20. The van der Waals surface area contributed by atoms with Crippen LogP contribution in [0.15, 0.2) is 66.0 Å². The summed E-state index contributed by atoms with van der Waals surface area (Å²) in [5.74, 6) is -0.351. The summed E-state index contributed by atoms with van der Waals surface area (Å²) in [4.78, 5) is 35.2. The van der Waals surface area contributed by atoms with Crippen LogP contribution in [0.25, 0.3) is 16.9 Å². The van der Waals surface area contributed by atoms with E-state index in [1.54, 1.807) is 42.3 Å². The van der Waals surface area contributed by atoms with E-state index in [2.05, 4.69) is 38.4 Å². The lowest BCUT2D eigenvalue weighted by Gasteiger charge is -2.30. The van der Waals surface area contributed by atoms with Gasteiger partial charge in [0.25, 0.3) is 5.91 Å². The van der Waals surface area contributed by atoms with Crippen LogP contribution in [0.1, 0.15) is 21.6 Å². The van der Waals surface area contributed by atoms with Crippen molar-refractivity contribution in [1.82, 2.24) is 29.2 Å². The van der Waals surface area contributed by atoms with Gasteiger partial charge in [-0.2, -0.15) is 0 Å². The number of rotatable bonds is 6. The maximum Gasteiger partial charge on any atom is 0.271 e. The number of fused-ring (bicyclic) bond motifs is 2. The lowest BCUT2D eigenvalue weighted by atomic mass is 10.00. The van der Waals surface area contributed by atoms with Crippen LogP contribution in [-0.4, -0.2) is 60.6 Å². The topological polar surface area (TPSA) is 105 Å². The molecule has 9 heteroatoms. The molecule has 1 aliphatic heterocycles. The van der Waals surface area contributed by atoms with E-state index in [0.717, 1.165) is 25.1 Å². The van der Waals surface area contributed by atoms with Gasteiger partial charge in [0.05, 0.1) is 18.0 Å². The second-order valence-electron chi connectivity index (χ2n) is 8.65. The molecule has 0 aliphatic carbocycles. The number of amides is 1. The molecule has 0 radical (unpaired) electrons. The van der Waals surface area contributed by atoms with E-state index < -0.39 is 6.10 Å². The van der Waals surface area contributed by atoms with E-state index in [1.165, 1.54) is 21.8 Å². The molecule has 1 amide bonds. The molecule has 3 aromatic heterocycles. The van der Waals surface area contributed by atoms with Crippen molar-refractivity contribution >= 4 is 11.6 Å². The molecule has 0 spiro atoms. The van der Waals surface area contributed by atoms with Crippen LogP contribution in [0.2, 0.25) is 0 Å². The summed E-state index contributed by atoms with van der Waals surface area (Å²) in [5, 5.41) is 13.3. The lowest BCUT2D eigenvalue weighted by Crippen LogP contribution is -2.42. The molecule has 34 heavy (non-hydrogen) atoms. The number of nitrogens with one attached hydrogen (secondary N) is 1. The van der Waals surface area contributed by atoms with Gasteiger partial charge in [-0.1, -0.05) is 24.3 Å². The number of aliphatic hydroxyl groups is 1. The fourth-order valence-corrected chi connectivity index (χ4v) is 4.28. The van der Waals surface area contributed by atoms with Crippen LogP contribution in [-0.2, 0) is 20.0 Å². The Morgan fingerprint density at radius 2 is 1.97 bits per heavy atom. The third-order valence-corrected chi connectivity index (χ3v) is 6.13. The van der Waals surface area contributed by atoms with Crippen molar-refractivity contribution < 1.29 is 9.90 Å². The number of aliphatic hydroxyl groups excluding tert-OH is 1. The molecule has 1 aromatic carbocycles. The number of nitrogens with zero attached hydrogens (tertiary/aromatic N) is 5. The van der Waals surface area contributed by atoms with Crippen molar-refractivity contribution in [2.45, 2.75) is 19.1 Å². The average Bonchev–Trinajstić information content (AvgIpc) is 3.28. The monoisotopic (exact) mass is 458 g/mol. The van der Waals surface area contributed by atoms with Crippen LogP contribution in [0.4, 0.5) is 0 Å². The van der Waals surface area contributed by atoms with Gasteiger partial charge in [0.2, 0.25) is 5.56 Å². The Kier molecular flexibility index (Phi) is 5.95. The highest BCUT2D eigenvalue weighted by molar-refractivity contribution is 5.92. The van der Waals surface area contributed by atoms with Crippen molar-refractivity contribution in [3.63, 3.8) is 0 Å². The quantitative estimate of drug-likeness (QED) is 0.451. The summed E-state index contributed by atoms with van der Waals surface area (Å²) in [7, 11) is 1.68. The van der Waals surface area contributed by atoms with E-state index in [4.69, 9.17) is 0 Å². The zero-order valence-corrected chi connectivity index (χ0v) is 18.9. The molecule has 9 nitrogen and oxygen atoms in total. The van der Waals surface area contributed by atoms with Crippen LogP contribution >= 0.6 is 0 Å². The zero-order valence-electron chi connectivity index (χ0n) is 18.9. The first kappa shape index (κ1) is 22.0. The van der Waals surface area contributed by atoms with E-state index in [1.807, 2.05) is 6.07 Å². The number of aromatic nitrogens is 4. The first-order chi connectivity index (χ1) is 16.5. The number of β-amino-alcohol motifs (C(OH)–C–C–N with tert-alkyl or cyclic N) is 1. The number of hydrogen-bond acceptors (Lipinski definition) is 6. The largest absolute Gasteiger partial charge is 0.390 e. The summed E-state index contributed by atoms with van der Waals surface area (Å²) in [6.07, 6.45) is 6.98. The Morgan fingerprint density at radius 3 is 2.79 bits per heavy atom. The maximum atomic E-state index is 12.6. The van der Waals surface area contributed by atoms with Crippen molar-refractivity contribution in [2.75, 3.05) is 19.6 Å². The summed E-state index contributed by atoms with van der Waals surface area (Å²) >= 11 is 0. The highest BCUT2D eigenvalue weighted by Crippen LogP contribution is 2.19. The number of hydrogen-bond donors (Lipinski definition) is 2. The van der Waals surface area contributed by atoms with Crippen molar-refractivity contribution in [3.05, 3.63) is 88.4 Å². The molecule has 0 bridgehead atoms. The molecule has 4 aromatic rings. The molecule has 5 rings (SSSR count). The van der Waals surface area contributed by atoms with Gasteiger partial charge in [-0.05, 0) is 23.6 Å². The number of carbonyl (C=O) groups excluding carboxylic acids is 1. The van der Waals surface area contributed by atoms with Gasteiger partial charge >= 0.3 is 0 Å². The first-order valence-corrected chi connectivity index (χ1v) is 11.2. The lowest BCUT2D eigenvalue weighted by molar-refractivity contribution is 0.0838. The predicted molar refractivity (Wildman–Crippen MR) is 127 cm³/mol. The van der Waals surface area contributed by atoms with Gasteiger partial charge in [0.1, 0.15) is 5.69 Å². The molecule has 0 saturated carbocycles. The zero-order chi connectivity index (χ0) is 23.7. The summed E-state index contributed by atoms with van der Waals surface area (Å²) in [5.41, 5.74) is 4.78. The van der Waals surface area contributed by atoms with Crippen LogP contribution in [0.3, 0.4) is 0 Å². The summed E-state index contributed by atoms with van der Waals surface area (Å²) in [6.45, 7) is 2.33. The molecule has 0 unspecified atom stereocenters. The second kappa shape index (κ2) is 9.20. The van der Waals surface area contributed by atoms with Gasteiger partial charge in [-0.25, -0.2) is 4.98 Å². The SMILES string of the molecule is Cn1cc(-c2cn3cc(C(=O)NC[C@H](O)CN4CCc5ccccc5C4)nc3cn2)ccc1=O. The van der Waals surface area contributed by atoms with Crippen molar-refractivity contribution in [1.29, 1.82) is 0 Å². The number of aryl methyl sites for hydroxylation is 1. The molecule has 174 valence electrons. The van der Waals surface area contributed by atoms with Crippen LogP contribution in [0.5, 0.6) is 0 Å².